The molecule has 0 atom stereocenters. The fourth-order valence-corrected chi connectivity index (χ4v) is 4.62. The van der Waals surface area contributed by atoms with Crippen molar-refractivity contribution in [3.63, 3.8) is 0 Å². The first kappa shape index (κ1) is 195. The highest BCUT2D eigenvalue weighted by Crippen LogP contribution is 1.87. The molecular formula is C129H238O4. The zero-order valence-corrected chi connectivity index (χ0v) is 98.7. The molecule has 0 radical (unpaired) electrons. The van der Waals surface area contributed by atoms with Gasteiger partial charge in [0.25, 0.3) is 0 Å². The minimum Gasteiger partial charge on any atom is -0.388 e. The number of hydrogen-bond acceptors (Lipinski definition) is 4. The Morgan fingerprint density at radius 2 is 0.0827 bits per heavy atom. The molecule has 0 heterocycles. The Morgan fingerprint density at radius 3 is 0.0902 bits per heavy atom. The molecule has 0 saturated heterocycles. The van der Waals surface area contributed by atoms with Crippen molar-refractivity contribution in [2.75, 3.05) is 56.9 Å². The first-order valence-electron chi connectivity index (χ1n) is 51.3. The van der Waals surface area contributed by atoms with Gasteiger partial charge in [0.05, 0.1) is 0 Å². The second-order valence-electron chi connectivity index (χ2n) is 19.0. The molecule has 778 valence electrons. The van der Waals surface area contributed by atoms with Crippen LogP contribution in [-0.2, 0) is 18.9 Å². The zero-order valence-electron chi connectivity index (χ0n) is 98.7. The van der Waals surface area contributed by atoms with Gasteiger partial charge in [0.1, 0.15) is 0 Å². The van der Waals surface area contributed by atoms with Gasteiger partial charge in [-0.15, -0.1) is 0 Å². The Morgan fingerprint density at radius 1 is 0.0752 bits per heavy atom. The molecule has 0 aromatic heterocycles. The standard InChI is InChI=1S/12C6H6.5C3H8.4C2H6O.17C2H6/c12*1-2-4-6-5-3-1;9*1-3-2;17*1-2/h12*1-6H;5*3H2,1-2H3;4*1-2H3;17*1-2H3. The van der Waals surface area contributed by atoms with Crippen LogP contribution in [0.5, 0.6) is 0 Å². The summed E-state index contributed by atoms with van der Waals surface area (Å²) in [5, 5.41) is 0. The van der Waals surface area contributed by atoms with E-state index in [9.17, 15) is 0 Å². The highest BCUT2D eigenvalue weighted by molar-refractivity contribution is 5.06. The monoisotopic (exact) mass is 1850 g/mol. The van der Waals surface area contributed by atoms with Gasteiger partial charge >= 0.3 is 0 Å². The fraction of sp³-hybridized carbons (Fsp3) is 0.442. The van der Waals surface area contributed by atoms with E-state index in [2.05, 4.69) is 88.2 Å². The van der Waals surface area contributed by atoms with E-state index in [-0.39, 0.29) is 0 Å². The quantitative estimate of drug-likeness (QED) is 0.152. The number of hydrogen-bond donors (Lipinski definition) is 0. The summed E-state index contributed by atoms with van der Waals surface area (Å²) in [5.74, 6) is 0. The Kier molecular flexibility index (Phi) is 519. The minimum atomic E-state index is 1.25. The van der Waals surface area contributed by atoms with E-state index in [1.165, 1.54) is 32.1 Å². The van der Waals surface area contributed by atoms with E-state index in [1.54, 1.807) is 56.9 Å². The zero-order chi connectivity index (χ0) is 109. The van der Waals surface area contributed by atoms with Crippen molar-refractivity contribution in [1.82, 2.24) is 0 Å². The first-order chi connectivity index (χ1) is 65.7. The molecule has 12 aromatic carbocycles. The summed E-state index contributed by atoms with van der Waals surface area (Å²) in [7, 11) is 13.0. The lowest BCUT2D eigenvalue weighted by Crippen LogP contribution is -1.55. The highest BCUT2D eigenvalue weighted by Gasteiger charge is 1.65. The molecule has 12 aromatic rings. The highest BCUT2D eigenvalue weighted by atomic mass is 16.5. The summed E-state index contributed by atoms with van der Waals surface area (Å²) in [4.78, 5) is 0. The molecule has 0 N–H and O–H groups in total. The summed E-state index contributed by atoms with van der Waals surface area (Å²) in [6, 6.07) is 144. The lowest BCUT2D eigenvalue weighted by molar-refractivity contribution is 0.277. The average molecular weight is 1850 g/mol. The van der Waals surface area contributed by atoms with Crippen molar-refractivity contribution >= 4 is 0 Å². The van der Waals surface area contributed by atoms with E-state index in [0.717, 1.165) is 0 Å². The summed E-state index contributed by atoms with van der Waals surface area (Å²) < 4.78 is 17.0. The molecule has 4 heteroatoms. The van der Waals surface area contributed by atoms with Gasteiger partial charge < -0.3 is 18.9 Å². The van der Waals surface area contributed by atoms with Gasteiger partial charge in [-0.25, -0.2) is 0 Å². The first-order valence-corrected chi connectivity index (χ1v) is 51.3. The molecule has 0 aliphatic heterocycles. The predicted molar refractivity (Wildman–Crippen MR) is 642 cm³/mol. The Balaban J connectivity index is -0.0000000372. The Bertz CT molecular complexity index is 1700. The topological polar surface area (TPSA) is 36.9 Å². The Labute approximate surface area is 844 Å². The molecule has 12 rings (SSSR count). The maximum absolute atomic E-state index is 4.25. The van der Waals surface area contributed by atoms with E-state index in [0.29, 0.717) is 0 Å². The van der Waals surface area contributed by atoms with Crippen LogP contribution in [0, 0.1) is 0 Å². The second kappa shape index (κ2) is 354. The van der Waals surface area contributed by atoms with Crippen LogP contribution in [-0.4, -0.2) is 56.9 Å². The van der Waals surface area contributed by atoms with Gasteiger partial charge in [-0.1, -0.05) is 774 Å². The van der Waals surface area contributed by atoms with Crippen molar-refractivity contribution in [3.05, 3.63) is 437 Å². The van der Waals surface area contributed by atoms with E-state index >= 15 is 0 Å². The van der Waals surface area contributed by atoms with E-state index in [4.69, 9.17) is 0 Å². The maximum Gasteiger partial charge on any atom is 0.0351 e. The van der Waals surface area contributed by atoms with Crippen molar-refractivity contribution in [2.45, 2.75) is 337 Å². The fourth-order valence-electron chi connectivity index (χ4n) is 4.62. The van der Waals surface area contributed by atoms with Gasteiger partial charge in [-0.3, -0.25) is 0 Å². The third kappa shape index (κ3) is 455. The third-order valence-corrected chi connectivity index (χ3v) is 8.00. The van der Waals surface area contributed by atoms with Crippen LogP contribution in [0.15, 0.2) is 437 Å². The molecule has 0 fully saturated rings. The normalized spacial score (nSPS) is 6.32. The van der Waals surface area contributed by atoms with Crippen LogP contribution in [0.3, 0.4) is 0 Å². The molecule has 4 nitrogen and oxygen atoms in total. The Hall–Kier alpha value is -9.52. The van der Waals surface area contributed by atoms with Crippen LogP contribution in [0.4, 0.5) is 0 Å². The molecule has 0 aliphatic carbocycles. The van der Waals surface area contributed by atoms with Crippen molar-refractivity contribution in [2.24, 2.45) is 0 Å². The lowest BCUT2D eigenvalue weighted by atomic mass is 10.4. The van der Waals surface area contributed by atoms with Crippen LogP contribution in [0.2, 0.25) is 0 Å². The molecule has 133 heavy (non-hydrogen) atoms. The molecule has 0 bridgehead atoms. The summed E-state index contributed by atoms with van der Waals surface area (Å²) in [6.07, 6.45) is 6.25. The van der Waals surface area contributed by atoms with Gasteiger partial charge in [-0.05, 0) is 0 Å². The van der Waals surface area contributed by atoms with Gasteiger partial charge in [0.15, 0.2) is 0 Å². The molecule has 0 spiro atoms. The summed E-state index contributed by atoms with van der Waals surface area (Å²) in [6.45, 7) is 89.2. The molecule has 0 saturated carbocycles. The average Bonchev–Trinajstić information content (AvgIpc) is 1.25. The number of methoxy groups -OCH3 is 4. The number of benzene rings is 12. The van der Waals surface area contributed by atoms with Crippen molar-refractivity contribution in [1.29, 1.82) is 0 Å². The molecule has 0 unspecified atom stereocenters. The largest absolute Gasteiger partial charge is 0.388 e. The van der Waals surface area contributed by atoms with Crippen LogP contribution >= 0.6 is 0 Å². The van der Waals surface area contributed by atoms with Crippen molar-refractivity contribution in [3.8, 4) is 0 Å². The second-order valence-corrected chi connectivity index (χ2v) is 19.0. The van der Waals surface area contributed by atoms with Gasteiger partial charge in [0, 0.05) is 56.9 Å². The van der Waals surface area contributed by atoms with Crippen LogP contribution in [0.1, 0.15) is 337 Å². The van der Waals surface area contributed by atoms with E-state index < -0.39 is 0 Å². The SMILES string of the molecule is CC.CC.CC.CC.CC.CC.CC.CC.CC.CC.CC.CC.CC.CC.CC.CC.CC.CCC.CCC.CCC.CCC.CCC.COC.COC.COC.COC.c1ccccc1.c1ccccc1.c1ccccc1.c1ccccc1.c1ccccc1.c1ccccc1.c1ccccc1.c1ccccc1.c1ccccc1.c1ccccc1.c1ccccc1.c1ccccc1. The van der Waals surface area contributed by atoms with Crippen LogP contribution in [0.25, 0.3) is 0 Å². The van der Waals surface area contributed by atoms with Gasteiger partial charge in [0.2, 0.25) is 0 Å². The maximum atomic E-state index is 4.25. The smallest absolute Gasteiger partial charge is 0.0351 e. The molecular weight excluding hydrogens is 1610 g/mol. The van der Waals surface area contributed by atoms with Crippen molar-refractivity contribution < 1.29 is 18.9 Å². The number of rotatable bonds is 0. The summed E-state index contributed by atoms with van der Waals surface area (Å²) in [5.41, 5.74) is 0. The van der Waals surface area contributed by atoms with E-state index in [1.807, 2.05) is 672 Å². The lowest BCUT2D eigenvalue weighted by Gasteiger charge is -1.69. The minimum absolute atomic E-state index is 1.25. The molecule has 0 aliphatic rings. The predicted octanol–water partition coefficient (Wildman–Crippen LogP) is 45.8. The third-order valence-electron chi connectivity index (χ3n) is 8.00. The summed E-state index contributed by atoms with van der Waals surface area (Å²) >= 11 is 0. The molecule has 0 amide bonds. The van der Waals surface area contributed by atoms with Gasteiger partial charge in [-0.2, -0.15) is 0 Å². The van der Waals surface area contributed by atoms with Crippen LogP contribution < -0.4 is 0 Å². The number of ether oxygens (including phenoxy) is 4.